The number of epoxide rings is 1. The van der Waals surface area contributed by atoms with Crippen LogP contribution in [0.1, 0.15) is 72.1 Å². The molecule has 2 saturated heterocycles. The van der Waals surface area contributed by atoms with Gasteiger partial charge < -0.3 is 14.2 Å². The van der Waals surface area contributed by atoms with E-state index in [0.717, 1.165) is 64.6 Å². The van der Waals surface area contributed by atoms with Crippen LogP contribution in [0.25, 0.3) is 0 Å². The quantitative estimate of drug-likeness (QED) is 0.473. The molecular formula is C23H32O4. The molecule has 1 spiro atoms. The second-order valence-corrected chi connectivity index (χ2v) is 11.2. The summed E-state index contributed by atoms with van der Waals surface area (Å²) >= 11 is 0. The summed E-state index contributed by atoms with van der Waals surface area (Å²) in [6, 6.07) is 0. The topological polar surface area (TPSA) is 48.1 Å². The van der Waals surface area contributed by atoms with Gasteiger partial charge in [-0.25, -0.2) is 0 Å². The molecule has 3 saturated carbocycles. The first-order chi connectivity index (χ1) is 12.7. The van der Waals surface area contributed by atoms with Crippen LogP contribution in [-0.4, -0.2) is 36.0 Å². The Hall–Kier alpha value is -0.710. The van der Waals surface area contributed by atoms with Gasteiger partial charge in [0, 0.05) is 30.1 Å². The molecule has 4 nitrogen and oxygen atoms in total. The first-order valence-corrected chi connectivity index (χ1v) is 11.0. The second kappa shape index (κ2) is 4.88. The van der Waals surface area contributed by atoms with Gasteiger partial charge in [0.1, 0.15) is 17.0 Å². The molecule has 1 unspecified atom stereocenters. The third-order valence-corrected chi connectivity index (χ3v) is 9.02. The highest BCUT2D eigenvalue weighted by Gasteiger charge is 2.79. The van der Waals surface area contributed by atoms with Crippen LogP contribution in [0.2, 0.25) is 0 Å². The van der Waals surface area contributed by atoms with Gasteiger partial charge >= 0.3 is 0 Å². The fourth-order valence-corrected chi connectivity index (χ4v) is 7.35. The van der Waals surface area contributed by atoms with Gasteiger partial charge in [-0.2, -0.15) is 0 Å². The summed E-state index contributed by atoms with van der Waals surface area (Å²) in [6.45, 7) is 8.16. The van der Waals surface area contributed by atoms with E-state index in [4.69, 9.17) is 14.2 Å². The Bertz CT molecular complexity index is 743. The molecule has 5 fully saturated rings. The summed E-state index contributed by atoms with van der Waals surface area (Å²) in [6.07, 6.45) is 10.2. The monoisotopic (exact) mass is 372 g/mol. The van der Waals surface area contributed by atoms with E-state index in [1.165, 1.54) is 5.57 Å². The molecule has 0 amide bonds. The van der Waals surface area contributed by atoms with Crippen molar-refractivity contribution < 1.29 is 19.0 Å². The van der Waals surface area contributed by atoms with E-state index < -0.39 is 5.79 Å². The fourth-order valence-electron chi connectivity index (χ4n) is 7.35. The Kier molecular flexibility index (Phi) is 3.10. The number of ketones is 1. The molecule has 6 aliphatic rings. The van der Waals surface area contributed by atoms with Crippen molar-refractivity contribution in [3.05, 3.63) is 11.6 Å². The van der Waals surface area contributed by atoms with Crippen molar-refractivity contribution in [2.45, 2.75) is 89.1 Å². The van der Waals surface area contributed by atoms with Crippen LogP contribution in [0.5, 0.6) is 0 Å². The molecule has 27 heavy (non-hydrogen) atoms. The van der Waals surface area contributed by atoms with Crippen molar-refractivity contribution in [1.82, 2.24) is 0 Å². The number of rotatable bonds is 0. The predicted octanol–water partition coefficient (Wildman–Crippen LogP) is 4.17. The molecule has 4 aliphatic carbocycles. The maximum atomic E-state index is 12.5. The summed E-state index contributed by atoms with van der Waals surface area (Å²) < 4.78 is 19.3. The molecule has 0 N–H and O–H groups in total. The minimum Gasteiger partial charge on any atom is -0.358 e. The molecule has 4 heteroatoms. The summed E-state index contributed by atoms with van der Waals surface area (Å²) in [5, 5.41) is 0. The molecule has 5 atom stereocenters. The first kappa shape index (κ1) is 17.2. The third-order valence-electron chi connectivity index (χ3n) is 9.02. The first-order valence-electron chi connectivity index (χ1n) is 11.0. The smallest absolute Gasteiger partial charge is 0.171 e. The molecule has 2 aliphatic heterocycles. The van der Waals surface area contributed by atoms with E-state index in [9.17, 15) is 4.79 Å². The van der Waals surface area contributed by atoms with Crippen molar-refractivity contribution in [1.29, 1.82) is 0 Å². The minimum atomic E-state index is -0.435. The van der Waals surface area contributed by atoms with Gasteiger partial charge in [0.05, 0.1) is 13.2 Å². The number of fused-ring (bicyclic) bond motifs is 3. The number of carbonyl (C=O) groups excluding carboxylic acids is 1. The number of ether oxygens (including phenoxy) is 3. The SMILES string of the molecule is CC1(C)COC2(CC[C@@]34O[C@@]3(CC[C@@H]3C4=CCC4(C)C(=O)CC[C@@H]34)C2)OC1. The Morgan fingerprint density at radius 1 is 1.04 bits per heavy atom. The largest absolute Gasteiger partial charge is 0.358 e. The highest BCUT2D eigenvalue weighted by atomic mass is 16.7. The van der Waals surface area contributed by atoms with Crippen molar-refractivity contribution in [2.24, 2.45) is 22.7 Å². The molecule has 0 aromatic rings. The maximum absolute atomic E-state index is 12.5. The second-order valence-electron chi connectivity index (χ2n) is 11.2. The highest BCUT2D eigenvalue weighted by molar-refractivity contribution is 5.87. The van der Waals surface area contributed by atoms with Crippen LogP contribution in [0.3, 0.4) is 0 Å². The summed E-state index contributed by atoms with van der Waals surface area (Å²) in [4.78, 5) is 12.5. The minimum absolute atomic E-state index is 0.0756. The predicted molar refractivity (Wildman–Crippen MR) is 100 cm³/mol. The zero-order chi connectivity index (χ0) is 18.7. The lowest BCUT2D eigenvalue weighted by molar-refractivity contribution is -0.313. The Morgan fingerprint density at radius 3 is 2.59 bits per heavy atom. The zero-order valence-electron chi connectivity index (χ0n) is 16.9. The Labute approximate surface area is 162 Å². The molecular weight excluding hydrogens is 340 g/mol. The number of Topliss-reactive ketones (excluding diaryl/α,β-unsaturated/α-hetero) is 1. The molecule has 0 aromatic carbocycles. The van der Waals surface area contributed by atoms with Gasteiger partial charge in [-0.3, -0.25) is 4.79 Å². The van der Waals surface area contributed by atoms with Gasteiger partial charge in [-0.15, -0.1) is 0 Å². The van der Waals surface area contributed by atoms with Gasteiger partial charge in [0.2, 0.25) is 0 Å². The average molecular weight is 373 g/mol. The van der Waals surface area contributed by atoms with Crippen LogP contribution in [0, 0.1) is 22.7 Å². The zero-order valence-corrected chi connectivity index (χ0v) is 16.9. The number of hydrogen-bond acceptors (Lipinski definition) is 4. The Morgan fingerprint density at radius 2 is 1.81 bits per heavy atom. The molecule has 0 aromatic heterocycles. The molecule has 148 valence electrons. The molecule has 0 bridgehead atoms. The van der Waals surface area contributed by atoms with E-state index in [0.29, 0.717) is 17.6 Å². The number of allylic oxidation sites excluding steroid dienone is 1. The summed E-state index contributed by atoms with van der Waals surface area (Å²) in [5.74, 6) is 1.13. The lowest BCUT2D eigenvalue weighted by Gasteiger charge is -2.51. The van der Waals surface area contributed by atoms with Crippen LogP contribution in [0.15, 0.2) is 11.6 Å². The molecule has 2 heterocycles. The lowest BCUT2D eigenvalue weighted by atomic mass is 9.54. The molecule has 0 radical (unpaired) electrons. The van der Waals surface area contributed by atoms with Crippen LogP contribution >= 0.6 is 0 Å². The van der Waals surface area contributed by atoms with Crippen LogP contribution in [0.4, 0.5) is 0 Å². The molecule has 6 rings (SSSR count). The van der Waals surface area contributed by atoms with Crippen LogP contribution in [-0.2, 0) is 19.0 Å². The van der Waals surface area contributed by atoms with Crippen LogP contribution < -0.4 is 0 Å². The van der Waals surface area contributed by atoms with Gasteiger partial charge in [0.25, 0.3) is 0 Å². The summed E-state index contributed by atoms with van der Waals surface area (Å²) in [5.41, 5.74) is 1.37. The highest BCUT2D eigenvalue weighted by Crippen LogP contribution is 2.73. The van der Waals surface area contributed by atoms with E-state index in [1.54, 1.807) is 0 Å². The maximum Gasteiger partial charge on any atom is 0.171 e. The van der Waals surface area contributed by atoms with Crippen molar-refractivity contribution in [2.75, 3.05) is 13.2 Å². The van der Waals surface area contributed by atoms with E-state index in [-0.39, 0.29) is 22.0 Å². The standard InChI is InChI=1S/C23H32O4/c1-19(2)13-25-22(26-14-19)10-11-23-17-7-8-20(3)16(4-5-18(20)24)15(17)6-9-21(23,12-22)27-23/h7,15-16H,4-6,8-14H2,1-3H3/t15-,16-,20?,21-,23-/m0/s1. The van der Waals surface area contributed by atoms with E-state index >= 15 is 0 Å². The van der Waals surface area contributed by atoms with Crippen molar-refractivity contribution >= 4 is 5.78 Å². The van der Waals surface area contributed by atoms with E-state index in [1.807, 2.05) is 0 Å². The number of hydrogen-bond donors (Lipinski definition) is 0. The fraction of sp³-hybridized carbons (Fsp3) is 0.870. The van der Waals surface area contributed by atoms with Gasteiger partial charge in [0.15, 0.2) is 5.79 Å². The Balaban J connectivity index is 1.29. The normalized spacial score (nSPS) is 51.7. The van der Waals surface area contributed by atoms with Crippen molar-refractivity contribution in [3.63, 3.8) is 0 Å². The summed E-state index contributed by atoms with van der Waals surface area (Å²) in [7, 11) is 0. The lowest BCUT2D eigenvalue weighted by Crippen LogP contribution is -2.56. The third kappa shape index (κ3) is 2.03. The average Bonchev–Trinajstić information content (AvgIpc) is 3.23. The van der Waals surface area contributed by atoms with Gasteiger partial charge in [-0.1, -0.05) is 26.8 Å². The van der Waals surface area contributed by atoms with Crippen molar-refractivity contribution in [3.8, 4) is 0 Å². The number of carbonyl (C=O) groups is 1. The van der Waals surface area contributed by atoms with E-state index in [2.05, 4.69) is 26.8 Å². The van der Waals surface area contributed by atoms with Gasteiger partial charge in [-0.05, 0) is 49.5 Å².